The molecule has 1 fully saturated rings. The fourth-order valence-electron chi connectivity index (χ4n) is 4.28. The monoisotopic (exact) mass is 413 g/mol. The average molecular weight is 413 g/mol. The molecule has 1 aliphatic rings. The van der Waals surface area contributed by atoms with Crippen LogP contribution < -0.4 is 10.9 Å². The Morgan fingerprint density at radius 3 is 2.74 bits per heavy atom. The van der Waals surface area contributed by atoms with Crippen LogP contribution in [-0.2, 0) is 0 Å². The second-order valence-corrected chi connectivity index (χ2v) is 8.00. The highest BCUT2D eigenvalue weighted by atomic mass is 16.1. The van der Waals surface area contributed by atoms with Crippen molar-refractivity contribution in [2.75, 3.05) is 0 Å². The molecule has 2 N–H and O–H groups in total. The molecule has 0 radical (unpaired) electrons. The Kier molecular flexibility index (Phi) is 5.08. The highest BCUT2D eigenvalue weighted by molar-refractivity contribution is 5.98. The van der Waals surface area contributed by atoms with Crippen molar-refractivity contribution < 1.29 is 4.79 Å². The lowest BCUT2D eigenvalue weighted by Crippen LogP contribution is -2.39. The third kappa shape index (κ3) is 3.99. The van der Waals surface area contributed by atoms with Crippen molar-refractivity contribution in [3.63, 3.8) is 0 Å². The van der Waals surface area contributed by atoms with Gasteiger partial charge in [0.2, 0.25) is 0 Å². The summed E-state index contributed by atoms with van der Waals surface area (Å²) < 4.78 is 1.60. The molecule has 3 heterocycles. The Bertz CT molecular complexity index is 1270. The van der Waals surface area contributed by atoms with Crippen molar-refractivity contribution in [3.8, 4) is 11.3 Å². The maximum Gasteiger partial charge on any atom is 0.267 e. The topological polar surface area (TPSA) is 92.7 Å². The molecule has 5 rings (SSSR count). The molecule has 1 amide bonds. The first kappa shape index (κ1) is 19.2. The van der Waals surface area contributed by atoms with Crippen LogP contribution in [0.25, 0.3) is 22.2 Å². The number of hydrogen-bond donors (Lipinski definition) is 2. The van der Waals surface area contributed by atoms with E-state index in [9.17, 15) is 9.59 Å². The van der Waals surface area contributed by atoms with Gasteiger partial charge in [-0.15, -0.1) is 0 Å². The fourth-order valence-corrected chi connectivity index (χ4v) is 4.28. The number of hydrogen-bond acceptors (Lipinski definition) is 4. The number of benzene rings is 1. The lowest BCUT2D eigenvalue weighted by atomic mass is 9.91. The van der Waals surface area contributed by atoms with Gasteiger partial charge in [-0.3, -0.25) is 14.6 Å². The summed E-state index contributed by atoms with van der Waals surface area (Å²) >= 11 is 0. The highest BCUT2D eigenvalue weighted by Gasteiger charge is 2.25. The highest BCUT2D eigenvalue weighted by Crippen LogP contribution is 2.28. The summed E-state index contributed by atoms with van der Waals surface area (Å²) in [5.41, 5.74) is 3.21. The van der Waals surface area contributed by atoms with Gasteiger partial charge in [0.1, 0.15) is 0 Å². The van der Waals surface area contributed by atoms with Gasteiger partial charge in [0.25, 0.3) is 11.5 Å². The number of aromatic nitrogens is 4. The third-order valence-electron chi connectivity index (χ3n) is 5.98. The summed E-state index contributed by atoms with van der Waals surface area (Å²) in [4.78, 5) is 32.4. The summed E-state index contributed by atoms with van der Waals surface area (Å²) in [7, 11) is 0. The average Bonchev–Trinajstić information content (AvgIpc) is 3.28. The fraction of sp³-hybridized carbons (Fsp3) is 0.250. The summed E-state index contributed by atoms with van der Waals surface area (Å²) in [6.07, 6.45) is 8.55. The van der Waals surface area contributed by atoms with E-state index in [1.807, 2.05) is 42.6 Å². The minimum absolute atomic E-state index is 0.0356. The Morgan fingerprint density at radius 1 is 1.06 bits per heavy atom. The molecule has 1 aliphatic carbocycles. The van der Waals surface area contributed by atoms with Gasteiger partial charge in [-0.05, 0) is 68.1 Å². The lowest BCUT2D eigenvalue weighted by molar-refractivity contribution is 0.0921. The summed E-state index contributed by atoms with van der Waals surface area (Å²) in [6, 6.07) is 14.9. The summed E-state index contributed by atoms with van der Waals surface area (Å²) in [6.45, 7) is 0. The maximum absolute atomic E-state index is 12.7. The number of amides is 1. The molecule has 0 spiro atoms. The number of rotatable bonds is 4. The van der Waals surface area contributed by atoms with Crippen LogP contribution in [0, 0.1) is 0 Å². The molecule has 1 aromatic carbocycles. The smallest absolute Gasteiger partial charge is 0.267 e. The molecule has 0 unspecified atom stereocenters. The molecule has 7 heteroatoms. The predicted molar refractivity (Wildman–Crippen MR) is 119 cm³/mol. The van der Waals surface area contributed by atoms with Crippen LogP contribution >= 0.6 is 0 Å². The zero-order valence-corrected chi connectivity index (χ0v) is 17.0. The van der Waals surface area contributed by atoms with E-state index in [0.29, 0.717) is 5.56 Å². The van der Waals surface area contributed by atoms with Crippen molar-refractivity contribution in [3.05, 3.63) is 83.0 Å². The summed E-state index contributed by atoms with van der Waals surface area (Å²) in [5, 5.41) is 8.77. The minimum Gasteiger partial charge on any atom is -0.361 e. The number of H-pyrrole nitrogens is 1. The molecule has 3 aromatic heterocycles. The Labute approximate surface area is 179 Å². The number of nitrogens with one attached hydrogen (secondary N) is 2. The van der Waals surface area contributed by atoms with Crippen LogP contribution in [0.15, 0.2) is 71.9 Å². The third-order valence-corrected chi connectivity index (χ3v) is 5.98. The SMILES string of the molecule is O=C(NC1CCC(n2nc(-c3cccnc3)ccc2=O)CC1)c1ccc2[nH]ccc2c1. The zero-order chi connectivity index (χ0) is 21.2. The van der Waals surface area contributed by atoms with Gasteiger partial charge in [0, 0.05) is 52.7 Å². The van der Waals surface area contributed by atoms with E-state index >= 15 is 0 Å². The van der Waals surface area contributed by atoms with Crippen LogP contribution in [0.3, 0.4) is 0 Å². The molecule has 31 heavy (non-hydrogen) atoms. The molecule has 0 aliphatic heterocycles. The Balaban J connectivity index is 1.25. The van der Waals surface area contributed by atoms with Gasteiger partial charge in [-0.25, -0.2) is 4.68 Å². The van der Waals surface area contributed by atoms with Crippen LogP contribution in [0.5, 0.6) is 0 Å². The van der Waals surface area contributed by atoms with Crippen molar-refractivity contribution >= 4 is 16.8 Å². The predicted octanol–water partition coefficient (Wildman–Crippen LogP) is 3.70. The van der Waals surface area contributed by atoms with Crippen LogP contribution in [0.1, 0.15) is 42.1 Å². The Morgan fingerprint density at radius 2 is 1.94 bits per heavy atom. The molecular weight excluding hydrogens is 390 g/mol. The first-order chi connectivity index (χ1) is 15.2. The maximum atomic E-state index is 12.7. The number of fused-ring (bicyclic) bond motifs is 1. The zero-order valence-electron chi connectivity index (χ0n) is 17.0. The van der Waals surface area contributed by atoms with E-state index in [-0.39, 0.29) is 23.6 Å². The van der Waals surface area contributed by atoms with Gasteiger partial charge >= 0.3 is 0 Å². The van der Waals surface area contributed by atoms with Gasteiger partial charge in [0.15, 0.2) is 0 Å². The molecule has 156 valence electrons. The molecule has 7 nitrogen and oxygen atoms in total. The standard InChI is InChI=1S/C24H23N5O2/c30-23-10-9-22(18-2-1-12-25-15-18)28-29(23)20-6-4-19(5-7-20)27-24(31)17-3-8-21-16(14-17)11-13-26-21/h1-3,8-15,19-20,26H,4-7H2,(H,27,31). The van der Waals surface area contributed by atoms with E-state index in [0.717, 1.165) is 47.8 Å². The number of pyridine rings is 1. The molecular formula is C24H23N5O2. The number of nitrogens with zero attached hydrogens (tertiary/aromatic N) is 3. The van der Waals surface area contributed by atoms with E-state index in [1.54, 1.807) is 29.2 Å². The van der Waals surface area contributed by atoms with E-state index in [4.69, 9.17) is 0 Å². The van der Waals surface area contributed by atoms with Gasteiger partial charge in [-0.2, -0.15) is 5.10 Å². The van der Waals surface area contributed by atoms with Crippen LogP contribution in [0.4, 0.5) is 0 Å². The Hall–Kier alpha value is -3.74. The lowest BCUT2D eigenvalue weighted by Gasteiger charge is -2.29. The second kappa shape index (κ2) is 8.18. The summed E-state index contributed by atoms with van der Waals surface area (Å²) in [5.74, 6) is -0.0552. The molecule has 4 aromatic rings. The van der Waals surface area contributed by atoms with E-state index in [2.05, 4.69) is 20.4 Å². The normalized spacial score (nSPS) is 18.7. The van der Waals surface area contributed by atoms with Crippen LogP contribution in [-0.4, -0.2) is 31.7 Å². The van der Waals surface area contributed by atoms with Gasteiger partial charge in [-0.1, -0.05) is 0 Å². The number of carbonyl (C=O) groups excluding carboxylic acids is 1. The number of carbonyl (C=O) groups is 1. The van der Waals surface area contributed by atoms with Crippen LogP contribution in [0.2, 0.25) is 0 Å². The minimum atomic E-state index is -0.0973. The molecule has 0 saturated heterocycles. The van der Waals surface area contributed by atoms with E-state index < -0.39 is 0 Å². The van der Waals surface area contributed by atoms with Crippen molar-refractivity contribution in [1.29, 1.82) is 0 Å². The number of aromatic amines is 1. The van der Waals surface area contributed by atoms with Gasteiger partial charge in [0.05, 0.1) is 11.7 Å². The first-order valence-electron chi connectivity index (χ1n) is 10.6. The van der Waals surface area contributed by atoms with Crippen molar-refractivity contribution in [2.45, 2.75) is 37.8 Å². The largest absolute Gasteiger partial charge is 0.361 e. The first-order valence-corrected chi connectivity index (χ1v) is 10.6. The van der Waals surface area contributed by atoms with Crippen molar-refractivity contribution in [1.82, 2.24) is 25.1 Å². The van der Waals surface area contributed by atoms with Gasteiger partial charge < -0.3 is 10.3 Å². The molecule has 1 saturated carbocycles. The second-order valence-electron chi connectivity index (χ2n) is 8.00. The van der Waals surface area contributed by atoms with E-state index in [1.165, 1.54) is 0 Å². The molecule has 0 atom stereocenters. The quantitative estimate of drug-likeness (QED) is 0.534. The molecule has 0 bridgehead atoms. The van der Waals surface area contributed by atoms with Crippen molar-refractivity contribution in [2.24, 2.45) is 0 Å².